The van der Waals surface area contributed by atoms with E-state index < -0.39 is 5.41 Å². The predicted molar refractivity (Wildman–Crippen MR) is 91.2 cm³/mol. The van der Waals surface area contributed by atoms with E-state index in [9.17, 15) is 9.59 Å². The van der Waals surface area contributed by atoms with Crippen LogP contribution in [0.5, 0.6) is 0 Å². The van der Waals surface area contributed by atoms with Gasteiger partial charge in [-0.3, -0.25) is 9.59 Å². The van der Waals surface area contributed by atoms with Crippen molar-refractivity contribution in [2.45, 2.75) is 25.7 Å². The zero-order valence-electron chi connectivity index (χ0n) is 14.3. The molecule has 5 heteroatoms. The van der Waals surface area contributed by atoms with Crippen molar-refractivity contribution in [3.63, 3.8) is 0 Å². The maximum absolute atomic E-state index is 12.9. The summed E-state index contributed by atoms with van der Waals surface area (Å²) in [7, 11) is 1.84. The molecule has 1 fully saturated rings. The Morgan fingerprint density at radius 1 is 1.04 bits per heavy atom. The largest absolute Gasteiger partial charge is 0.339 e. The maximum atomic E-state index is 12.9. The van der Waals surface area contributed by atoms with E-state index in [1.54, 1.807) is 0 Å². The van der Waals surface area contributed by atoms with Gasteiger partial charge < -0.3 is 15.1 Å². The highest BCUT2D eigenvalue weighted by Gasteiger charge is 2.35. The van der Waals surface area contributed by atoms with Gasteiger partial charge in [0.15, 0.2) is 0 Å². The Hall–Kier alpha value is -1.88. The van der Waals surface area contributed by atoms with Crippen molar-refractivity contribution >= 4 is 11.8 Å². The summed E-state index contributed by atoms with van der Waals surface area (Å²) in [4.78, 5) is 28.7. The fraction of sp³-hybridized carbons (Fsp3) is 0.556. The number of nitrogens with zero attached hydrogens (tertiary/aromatic N) is 2. The lowest BCUT2D eigenvalue weighted by Crippen LogP contribution is -2.54. The zero-order valence-corrected chi connectivity index (χ0v) is 14.3. The first kappa shape index (κ1) is 17.5. The van der Waals surface area contributed by atoms with Gasteiger partial charge in [0.25, 0.3) is 0 Å². The van der Waals surface area contributed by atoms with Gasteiger partial charge in [-0.15, -0.1) is 0 Å². The molecule has 23 heavy (non-hydrogen) atoms. The molecule has 126 valence electrons. The molecule has 1 saturated heterocycles. The molecule has 2 rings (SSSR count). The van der Waals surface area contributed by atoms with Crippen LogP contribution in [-0.4, -0.2) is 61.4 Å². The van der Waals surface area contributed by atoms with Crippen LogP contribution in [0.25, 0.3) is 0 Å². The summed E-state index contributed by atoms with van der Waals surface area (Å²) < 4.78 is 0. The molecule has 5 nitrogen and oxygen atoms in total. The number of benzene rings is 1. The minimum Gasteiger partial charge on any atom is -0.339 e. The highest BCUT2D eigenvalue weighted by Crippen LogP contribution is 2.26. The topological polar surface area (TPSA) is 52.7 Å². The third-order valence-corrected chi connectivity index (χ3v) is 4.54. The van der Waals surface area contributed by atoms with Gasteiger partial charge in [-0.2, -0.15) is 0 Å². The van der Waals surface area contributed by atoms with Crippen molar-refractivity contribution in [3.05, 3.63) is 35.9 Å². The number of piperazine rings is 1. The molecular weight excluding hydrogens is 290 g/mol. The first-order valence-corrected chi connectivity index (χ1v) is 8.24. The summed E-state index contributed by atoms with van der Waals surface area (Å²) in [5.74, 6) is 0.291. The van der Waals surface area contributed by atoms with E-state index in [0.717, 1.165) is 5.56 Å². The lowest BCUT2D eigenvalue weighted by Gasteiger charge is -2.38. The Morgan fingerprint density at radius 3 is 2.17 bits per heavy atom. The quantitative estimate of drug-likeness (QED) is 0.889. The van der Waals surface area contributed by atoms with Gasteiger partial charge in [0.05, 0.1) is 5.41 Å². The number of amides is 2. The molecule has 1 aliphatic rings. The van der Waals surface area contributed by atoms with Crippen LogP contribution in [0.2, 0.25) is 0 Å². The van der Waals surface area contributed by atoms with Crippen LogP contribution in [0.1, 0.15) is 25.8 Å². The molecule has 0 atom stereocenters. The van der Waals surface area contributed by atoms with Crippen LogP contribution in [0.4, 0.5) is 0 Å². The molecule has 0 aliphatic carbocycles. The van der Waals surface area contributed by atoms with E-state index in [-0.39, 0.29) is 11.8 Å². The van der Waals surface area contributed by atoms with E-state index in [1.807, 2.05) is 61.0 Å². The first-order valence-electron chi connectivity index (χ1n) is 8.24. The number of hydrogen-bond acceptors (Lipinski definition) is 3. The molecule has 0 aromatic heterocycles. The Bertz CT molecular complexity index is 534. The SMILES string of the molecule is CNCCC(=O)N1CCN(C(=O)C(C)(C)c2ccccc2)CC1. The second-order valence-electron chi connectivity index (χ2n) is 6.52. The van der Waals surface area contributed by atoms with Crippen LogP contribution in [0, 0.1) is 0 Å². The molecule has 1 N–H and O–H groups in total. The van der Waals surface area contributed by atoms with Gasteiger partial charge in [0.2, 0.25) is 11.8 Å². The summed E-state index contributed by atoms with van der Waals surface area (Å²) in [6, 6.07) is 9.87. The van der Waals surface area contributed by atoms with Gasteiger partial charge in [-0.1, -0.05) is 30.3 Å². The normalized spacial score (nSPS) is 15.6. The fourth-order valence-corrected chi connectivity index (χ4v) is 2.92. The summed E-state index contributed by atoms with van der Waals surface area (Å²) in [5, 5.41) is 2.99. The van der Waals surface area contributed by atoms with E-state index in [4.69, 9.17) is 0 Å². The van der Waals surface area contributed by atoms with Crippen molar-refractivity contribution in [1.82, 2.24) is 15.1 Å². The average molecular weight is 317 g/mol. The molecule has 0 spiro atoms. The highest BCUT2D eigenvalue weighted by molar-refractivity contribution is 5.87. The van der Waals surface area contributed by atoms with E-state index in [2.05, 4.69) is 5.32 Å². The third kappa shape index (κ3) is 4.10. The van der Waals surface area contributed by atoms with Gasteiger partial charge >= 0.3 is 0 Å². The van der Waals surface area contributed by atoms with Crippen molar-refractivity contribution < 1.29 is 9.59 Å². The zero-order chi connectivity index (χ0) is 16.9. The second-order valence-corrected chi connectivity index (χ2v) is 6.52. The van der Waals surface area contributed by atoms with E-state index in [0.29, 0.717) is 39.1 Å². The predicted octanol–water partition coefficient (Wildman–Crippen LogP) is 1.24. The summed E-state index contributed by atoms with van der Waals surface area (Å²) in [6.45, 7) is 7.10. The van der Waals surface area contributed by atoms with Crippen LogP contribution < -0.4 is 5.32 Å². The van der Waals surface area contributed by atoms with Gasteiger partial charge in [-0.25, -0.2) is 0 Å². The summed E-state index contributed by atoms with van der Waals surface area (Å²) in [6.07, 6.45) is 0.514. The van der Waals surface area contributed by atoms with Crippen LogP contribution >= 0.6 is 0 Å². The van der Waals surface area contributed by atoms with Crippen molar-refractivity contribution in [2.24, 2.45) is 0 Å². The molecule has 1 aromatic carbocycles. The monoisotopic (exact) mass is 317 g/mol. The maximum Gasteiger partial charge on any atom is 0.232 e. The van der Waals surface area contributed by atoms with Crippen molar-refractivity contribution in [2.75, 3.05) is 39.8 Å². The van der Waals surface area contributed by atoms with Crippen LogP contribution in [0.3, 0.4) is 0 Å². The van der Waals surface area contributed by atoms with Gasteiger partial charge in [0, 0.05) is 39.1 Å². The fourth-order valence-electron chi connectivity index (χ4n) is 2.92. The minimum atomic E-state index is -0.542. The van der Waals surface area contributed by atoms with E-state index >= 15 is 0 Å². The Labute approximate surface area is 138 Å². The molecule has 0 bridgehead atoms. The molecule has 1 heterocycles. The smallest absolute Gasteiger partial charge is 0.232 e. The number of rotatable bonds is 5. The van der Waals surface area contributed by atoms with Crippen LogP contribution in [0.15, 0.2) is 30.3 Å². The van der Waals surface area contributed by atoms with Gasteiger partial charge in [-0.05, 0) is 26.5 Å². The molecular formula is C18H27N3O2. The third-order valence-electron chi connectivity index (χ3n) is 4.54. The highest BCUT2D eigenvalue weighted by atomic mass is 16.2. The standard InChI is InChI=1S/C18H27N3O2/c1-18(2,15-7-5-4-6-8-15)17(23)21-13-11-20(12-14-21)16(22)9-10-19-3/h4-8,19H,9-14H2,1-3H3. The number of carbonyl (C=O) groups excluding carboxylic acids is 2. The van der Waals surface area contributed by atoms with Crippen molar-refractivity contribution in [3.8, 4) is 0 Å². The molecule has 1 aromatic rings. The minimum absolute atomic E-state index is 0.131. The summed E-state index contributed by atoms with van der Waals surface area (Å²) in [5.41, 5.74) is 0.483. The molecule has 2 amide bonds. The first-order chi connectivity index (χ1) is 11.0. The van der Waals surface area contributed by atoms with E-state index in [1.165, 1.54) is 0 Å². The lowest BCUT2D eigenvalue weighted by atomic mass is 9.83. The molecule has 0 saturated carbocycles. The van der Waals surface area contributed by atoms with Gasteiger partial charge in [0.1, 0.15) is 0 Å². The second kappa shape index (κ2) is 7.59. The Balaban J connectivity index is 1.94. The average Bonchev–Trinajstić information content (AvgIpc) is 2.59. The van der Waals surface area contributed by atoms with Crippen LogP contribution in [-0.2, 0) is 15.0 Å². The number of nitrogens with one attached hydrogen (secondary N) is 1. The number of hydrogen-bond donors (Lipinski definition) is 1. The number of carbonyl (C=O) groups is 2. The molecule has 0 unspecified atom stereocenters. The molecule has 1 aliphatic heterocycles. The lowest BCUT2D eigenvalue weighted by molar-refractivity contribution is -0.142. The summed E-state index contributed by atoms with van der Waals surface area (Å²) >= 11 is 0. The Kier molecular flexibility index (Phi) is 5.77. The molecule has 0 radical (unpaired) electrons. The Morgan fingerprint density at radius 2 is 1.61 bits per heavy atom. The van der Waals surface area contributed by atoms with Crippen molar-refractivity contribution in [1.29, 1.82) is 0 Å².